The van der Waals surface area contributed by atoms with Gasteiger partial charge in [-0.3, -0.25) is 9.59 Å². The van der Waals surface area contributed by atoms with Crippen molar-refractivity contribution in [3.05, 3.63) is 168 Å². The summed E-state index contributed by atoms with van der Waals surface area (Å²) in [6.07, 6.45) is 3.76. The fraction of sp³-hybridized carbons (Fsp3) is 0.273. The topological polar surface area (TPSA) is 52.7 Å². The SMILES string of the molecule is CCC(=O)N(c1ccccc1)C1CCN(CCc2cccc(NC(=O)CCSC(c3ccccc3)(c3ccccc3)c3ccccc3)c2)CC1. The zero-order chi connectivity index (χ0) is 34.6. The lowest BCUT2D eigenvalue weighted by Gasteiger charge is -2.38. The molecule has 50 heavy (non-hydrogen) atoms. The predicted octanol–water partition coefficient (Wildman–Crippen LogP) is 9.19. The third-order valence-corrected chi connectivity index (χ3v) is 11.2. The Bertz CT molecular complexity index is 1700. The summed E-state index contributed by atoms with van der Waals surface area (Å²) >= 11 is 1.81. The molecule has 2 amide bonds. The quantitative estimate of drug-likeness (QED) is 0.119. The van der Waals surface area contributed by atoms with Crippen LogP contribution in [0.3, 0.4) is 0 Å². The maximum Gasteiger partial charge on any atom is 0.226 e. The van der Waals surface area contributed by atoms with Crippen LogP contribution in [0.2, 0.25) is 0 Å². The fourth-order valence-electron chi connectivity index (χ4n) is 7.10. The molecule has 1 heterocycles. The Balaban J connectivity index is 1.04. The number of likely N-dealkylation sites (tertiary alicyclic amines) is 1. The molecule has 5 aromatic rings. The highest BCUT2D eigenvalue weighted by Gasteiger charge is 2.37. The van der Waals surface area contributed by atoms with Crippen LogP contribution in [0.1, 0.15) is 54.9 Å². The zero-order valence-electron chi connectivity index (χ0n) is 28.9. The smallest absolute Gasteiger partial charge is 0.226 e. The molecule has 6 rings (SSSR count). The number of carbonyl (C=O) groups excluding carboxylic acids is 2. The molecule has 0 radical (unpaired) electrons. The number of para-hydroxylation sites is 1. The Morgan fingerprint density at radius 1 is 0.740 bits per heavy atom. The lowest BCUT2D eigenvalue weighted by molar-refractivity contribution is -0.119. The fourth-order valence-corrected chi connectivity index (χ4v) is 8.60. The maximum absolute atomic E-state index is 13.3. The Morgan fingerprint density at radius 3 is 1.82 bits per heavy atom. The van der Waals surface area contributed by atoms with E-state index in [0.717, 1.165) is 50.3 Å². The van der Waals surface area contributed by atoms with Crippen LogP contribution in [0.5, 0.6) is 0 Å². The normalized spacial score (nSPS) is 13.9. The second kappa shape index (κ2) is 17.3. The molecule has 5 nitrogen and oxygen atoms in total. The van der Waals surface area contributed by atoms with Gasteiger partial charge in [-0.1, -0.05) is 128 Å². The van der Waals surface area contributed by atoms with Gasteiger partial charge in [-0.25, -0.2) is 0 Å². The lowest BCUT2D eigenvalue weighted by atomic mass is 9.84. The van der Waals surface area contributed by atoms with E-state index in [9.17, 15) is 9.59 Å². The van der Waals surface area contributed by atoms with Gasteiger partial charge in [-0.05, 0) is 65.8 Å². The van der Waals surface area contributed by atoms with E-state index in [4.69, 9.17) is 0 Å². The summed E-state index contributed by atoms with van der Waals surface area (Å²) in [5.74, 6) is 0.866. The summed E-state index contributed by atoms with van der Waals surface area (Å²) in [5, 5.41) is 3.17. The van der Waals surface area contributed by atoms with Gasteiger partial charge in [0.25, 0.3) is 0 Å². The molecular weight excluding hydrogens is 635 g/mol. The van der Waals surface area contributed by atoms with Crippen LogP contribution in [-0.2, 0) is 20.8 Å². The lowest BCUT2D eigenvalue weighted by Crippen LogP contribution is -2.47. The number of rotatable bonds is 14. The molecule has 0 unspecified atom stereocenters. The van der Waals surface area contributed by atoms with Crippen molar-refractivity contribution < 1.29 is 9.59 Å². The van der Waals surface area contributed by atoms with Gasteiger partial charge in [-0.15, -0.1) is 11.8 Å². The maximum atomic E-state index is 13.3. The summed E-state index contributed by atoms with van der Waals surface area (Å²) in [7, 11) is 0. The van der Waals surface area contributed by atoms with Crippen LogP contribution in [0.25, 0.3) is 0 Å². The van der Waals surface area contributed by atoms with Crippen LogP contribution in [0.15, 0.2) is 146 Å². The minimum absolute atomic E-state index is 0.0180. The van der Waals surface area contributed by atoms with Crippen molar-refractivity contribution in [3.8, 4) is 0 Å². The molecule has 5 aromatic carbocycles. The molecule has 0 bridgehead atoms. The second-order valence-corrected chi connectivity index (χ2v) is 14.2. The van der Waals surface area contributed by atoms with Gasteiger partial charge in [0, 0.05) is 55.6 Å². The van der Waals surface area contributed by atoms with E-state index in [1.807, 2.05) is 66.1 Å². The molecule has 0 saturated carbocycles. The third kappa shape index (κ3) is 8.55. The first-order valence-electron chi connectivity index (χ1n) is 17.9. The van der Waals surface area contributed by atoms with Crippen molar-refractivity contribution in [3.63, 3.8) is 0 Å². The Morgan fingerprint density at radius 2 is 1.28 bits per heavy atom. The van der Waals surface area contributed by atoms with Gasteiger partial charge in [0.15, 0.2) is 0 Å². The molecule has 0 aliphatic carbocycles. The molecule has 1 aliphatic rings. The number of hydrogen-bond donors (Lipinski definition) is 1. The van der Waals surface area contributed by atoms with Gasteiger partial charge >= 0.3 is 0 Å². The largest absolute Gasteiger partial charge is 0.326 e. The number of carbonyl (C=O) groups is 2. The van der Waals surface area contributed by atoms with E-state index < -0.39 is 4.75 Å². The van der Waals surface area contributed by atoms with Crippen molar-refractivity contribution in [1.29, 1.82) is 0 Å². The van der Waals surface area contributed by atoms with Crippen LogP contribution in [0.4, 0.5) is 11.4 Å². The number of amides is 2. The molecule has 0 spiro atoms. The highest BCUT2D eigenvalue weighted by Crippen LogP contribution is 2.48. The van der Waals surface area contributed by atoms with Crippen molar-refractivity contribution in [2.75, 3.05) is 35.6 Å². The van der Waals surface area contributed by atoms with Gasteiger partial charge in [0.2, 0.25) is 11.8 Å². The second-order valence-electron chi connectivity index (χ2n) is 12.9. The van der Waals surface area contributed by atoms with Crippen LogP contribution < -0.4 is 10.2 Å². The van der Waals surface area contributed by atoms with E-state index in [1.165, 1.54) is 22.3 Å². The van der Waals surface area contributed by atoms with Gasteiger partial charge in [0.1, 0.15) is 0 Å². The predicted molar refractivity (Wildman–Crippen MR) is 209 cm³/mol. The minimum Gasteiger partial charge on any atom is -0.326 e. The Hall–Kier alpha value is -4.65. The molecular formula is C44H47N3O2S. The molecule has 0 aromatic heterocycles. The minimum atomic E-state index is -0.441. The summed E-state index contributed by atoms with van der Waals surface area (Å²) in [6, 6.07) is 50.4. The van der Waals surface area contributed by atoms with Crippen molar-refractivity contribution >= 4 is 35.0 Å². The van der Waals surface area contributed by atoms with E-state index in [2.05, 4.69) is 113 Å². The average Bonchev–Trinajstić information content (AvgIpc) is 3.18. The van der Waals surface area contributed by atoms with E-state index in [-0.39, 0.29) is 17.9 Å². The van der Waals surface area contributed by atoms with Crippen molar-refractivity contribution in [2.24, 2.45) is 0 Å². The summed E-state index contributed by atoms with van der Waals surface area (Å²) in [5.41, 5.74) is 6.64. The summed E-state index contributed by atoms with van der Waals surface area (Å²) in [6.45, 7) is 4.83. The highest BCUT2D eigenvalue weighted by molar-refractivity contribution is 8.00. The van der Waals surface area contributed by atoms with E-state index in [1.54, 1.807) is 0 Å². The summed E-state index contributed by atoms with van der Waals surface area (Å²) in [4.78, 5) is 30.7. The number of piperidine rings is 1. The standard InChI is InChI=1S/C44H47N3O2S/c1-2-43(49)47(40-24-13-6-14-25-40)41-27-31-46(32-28-41)30-26-35-16-15-23-39(34-35)45-42(48)29-33-50-44(36-17-7-3-8-18-36,37-19-9-4-10-20-37)38-21-11-5-12-22-38/h3-25,34,41H,2,26-33H2,1H3,(H,45,48). The number of benzene rings is 5. The number of thioether (sulfide) groups is 1. The zero-order valence-corrected chi connectivity index (χ0v) is 29.7. The average molecular weight is 682 g/mol. The van der Waals surface area contributed by atoms with Crippen molar-refractivity contribution in [1.82, 2.24) is 4.90 Å². The summed E-state index contributed by atoms with van der Waals surface area (Å²) < 4.78 is -0.441. The molecule has 0 atom stereocenters. The Labute approximate surface area is 301 Å². The Kier molecular flexibility index (Phi) is 12.2. The molecule has 256 valence electrons. The molecule has 1 fully saturated rings. The van der Waals surface area contributed by atoms with E-state index >= 15 is 0 Å². The van der Waals surface area contributed by atoms with Crippen LogP contribution >= 0.6 is 11.8 Å². The monoisotopic (exact) mass is 681 g/mol. The van der Waals surface area contributed by atoms with Crippen LogP contribution in [-0.4, -0.2) is 48.1 Å². The molecule has 1 N–H and O–H groups in total. The first-order valence-corrected chi connectivity index (χ1v) is 18.8. The number of nitrogens with zero attached hydrogens (tertiary/aromatic N) is 2. The van der Waals surface area contributed by atoms with Crippen LogP contribution in [0, 0.1) is 0 Å². The molecule has 6 heteroatoms. The molecule has 1 saturated heterocycles. The van der Waals surface area contributed by atoms with Gasteiger partial charge < -0.3 is 15.1 Å². The first-order chi connectivity index (χ1) is 24.6. The highest BCUT2D eigenvalue weighted by atomic mass is 32.2. The number of hydrogen-bond acceptors (Lipinski definition) is 4. The molecule has 1 aliphatic heterocycles. The number of anilines is 2. The van der Waals surface area contributed by atoms with Gasteiger partial charge in [0.05, 0.1) is 4.75 Å². The van der Waals surface area contributed by atoms with Crippen molar-refractivity contribution in [2.45, 2.75) is 49.8 Å². The van der Waals surface area contributed by atoms with E-state index in [0.29, 0.717) is 18.6 Å². The van der Waals surface area contributed by atoms with Gasteiger partial charge in [-0.2, -0.15) is 0 Å². The first kappa shape index (κ1) is 35.2. The third-order valence-electron chi connectivity index (χ3n) is 9.64. The number of nitrogens with one attached hydrogen (secondary N) is 1.